The molecule has 0 unspecified atom stereocenters. The van der Waals surface area contributed by atoms with Crippen molar-refractivity contribution in [2.45, 2.75) is 49.8 Å². The number of aromatic nitrogens is 5. The molecule has 1 saturated heterocycles. The Morgan fingerprint density at radius 1 is 1.31 bits per heavy atom. The van der Waals surface area contributed by atoms with Crippen molar-refractivity contribution >= 4 is 23.5 Å². The van der Waals surface area contributed by atoms with Crippen LogP contribution in [0.25, 0.3) is 5.65 Å². The number of carbonyl (C=O) groups excluding carboxylic acids is 1. The number of amides is 1. The summed E-state index contributed by atoms with van der Waals surface area (Å²) in [4.78, 5) is 21.1. The molecule has 2 bridgehead atoms. The Morgan fingerprint density at radius 3 is 2.86 bits per heavy atom. The molecule has 3 aromatic heterocycles. The number of fused-ring (bicyclic) bond motifs is 1. The molecular weight excluding hydrogens is 461 g/mol. The van der Waals surface area contributed by atoms with Crippen molar-refractivity contribution in [1.29, 1.82) is 0 Å². The highest BCUT2D eigenvalue weighted by molar-refractivity contribution is 5.69. The van der Waals surface area contributed by atoms with Crippen molar-refractivity contribution < 1.29 is 28.1 Å². The molecule has 4 heterocycles. The number of hydrogen-bond donors (Lipinski definition) is 3. The van der Waals surface area contributed by atoms with Gasteiger partial charge in [0.25, 0.3) is 0 Å². The Balaban J connectivity index is 1.14. The zero-order chi connectivity index (χ0) is 24.2. The van der Waals surface area contributed by atoms with Crippen LogP contribution in [0.15, 0.2) is 18.3 Å². The fourth-order valence-electron chi connectivity index (χ4n) is 5.04. The molecule has 0 aromatic carbocycles. The van der Waals surface area contributed by atoms with Gasteiger partial charge in [0.2, 0.25) is 11.8 Å². The zero-order valence-electron chi connectivity index (χ0n) is 19.3. The molecule has 7 rings (SSSR count). The van der Waals surface area contributed by atoms with Crippen LogP contribution in [-0.4, -0.2) is 69.3 Å². The van der Waals surface area contributed by atoms with E-state index in [-0.39, 0.29) is 12.1 Å². The van der Waals surface area contributed by atoms with Gasteiger partial charge in [-0.1, -0.05) is 0 Å². The van der Waals surface area contributed by atoms with E-state index in [1.54, 1.807) is 29.8 Å². The highest BCUT2D eigenvalue weighted by Crippen LogP contribution is 2.57. The molecule has 3 aliphatic carbocycles. The first-order valence-electron chi connectivity index (χ1n) is 11.4. The second kappa shape index (κ2) is 8.34. The number of anilines is 2. The molecule has 4 aliphatic rings. The van der Waals surface area contributed by atoms with Crippen LogP contribution in [0.5, 0.6) is 5.88 Å². The SMILES string of the molecule is COCc1cn2c(Nc3cc([C@@H]4OC[C@H](OC(=O)NC56CC(C5)C6)[C@@H]4F)[nH]n3)nc(OC)cc2n1. The second-order valence-electron chi connectivity index (χ2n) is 9.37. The Bertz CT molecular complexity index is 1250. The van der Waals surface area contributed by atoms with Gasteiger partial charge in [-0.05, 0) is 25.2 Å². The van der Waals surface area contributed by atoms with E-state index in [4.69, 9.17) is 18.9 Å². The summed E-state index contributed by atoms with van der Waals surface area (Å²) in [6.45, 7) is 0.307. The number of imidazole rings is 1. The van der Waals surface area contributed by atoms with Crippen LogP contribution in [0.2, 0.25) is 0 Å². The number of aromatic amines is 1. The summed E-state index contributed by atoms with van der Waals surface area (Å²) in [5, 5.41) is 13.0. The van der Waals surface area contributed by atoms with E-state index in [0.717, 1.165) is 30.9 Å². The number of ether oxygens (including phenoxy) is 4. The molecule has 186 valence electrons. The smallest absolute Gasteiger partial charge is 0.408 e. The van der Waals surface area contributed by atoms with Crippen molar-refractivity contribution in [3.63, 3.8) is 0 Å². The molecule has 4 fully saturated rings. The number of hydrogen-bond acceptors (Lipinski definition) is 9. The minimum Gasteiger partial charge on any atom is -0.481 e. The number of alkyl carbamates (subject to hydrolysis) is 1. The number of methoxy groups -OCH3 is 2. The van der Waals surface area contributed by atoms with Gasteiger partial charge < -0.3 is 29.6 Å². The Labute approximate surface area is 199 Å². The molecule has 3 aromatic rings. The summed E-state index contributed by atoms with van der Waals surface area (Å²) < 4.78 is 38.2. The van der Waals surface area contributed by atoms with Crippen molar-refractivity contribution in [3.05, 3.63) is 29.7 Å². The summed E-state index contributed by atoms with van der Waals surface area (Å²) >= 11 is 0. The first kappa shape index (κ1) is 22.0. The number of nitrogens with zero attached hydrogens (tertiary/aromatic N) is 4. The fourth-order valence-corrected chi connectivity index (χ4v) is 5.04. The maximum atomic E-state index is 15.1. The maximum Gasteiger partial charge on any atom is 0.408 e. The molecule has 12 nitrogen and oxygen atoms in total. The van der Waals surface area contributed by atoms with E-state index in [1.807, 2.05) is 0 Å². The van der Waals surface area contributed by atoms with Crippen molar-refractivity contribution in [3.8, 4) is 5.88 Å². The largest absolute Gasteiger partial charge is 0.481 e. The number of halogens is 1. The van der Waals surface area contributed by atoms with Gasteiger partial charge in [-0.15, -0.1) is 0 Å². The molecule has 3 saturated carbocycles. The summed E-state index contributed by atoms with van der Waals surface area (Å²) in [6.07, 6.45) is 0.686. The van der Waals surface area contributed by atoms with Crippen LogP contribution in [0.4, 0.5) is 21.0 Å². The number of carbonyl (C=O) groups is 1. The van der Waals surface area contributed by atoms with Gasteiger partial charge in [0.15, 0.2) is 18.1 Å². The van der Waals surface area contributed by atoms with Crippen LogP contribution in [0, 0.1) is 5.92 Å². The summed E-state index contributed by atoms with van der Waals surface area (Å²) in [5.41, 5.74) is 1.62. The van der Waals surface area contributed by atoms with Crippen LogP contribution < -0.4 is 15.4 Å². The molecule has 13 heteroatoms. The van der Waals surface area contributed by atoms with Crippen LogP contribution >= 0.6 is 0 Å². The maximum absolute atomic E-state index is 15.1. The molecule has 1 amide bonds. The standard InChI is InChI=1S/C22H26FN7O5/c1-32-9-12-8-30-16(24-12)4-17(33-2)26-20(30)25-15-3-13(28-29-15)19-18(23)14(10-34-19)35-21(31)27-22-5-11(6-22)7-22/h3-4,8,11,14,18-19H,5-7,9-10H2,1-2H3,(H,27,31)(H2,25,26,28,29)/t11?,14-,18-,19-,22?/m0/s1. The predicted octanol–water partition coefficient (Wildman–Crippen LogP) is 2.41. The van der Waals surface area contributed by atoms with Crippen molar-refractivity contribution in [2.24, 2.45) is 5.92 Å². The Morgan fingerprint density at radius 2 is 2.14 bits per heavy atom. The first-order chi connectivity index (χ1) is 16.9. The van der Waals surface area contributed by atoms with Gasteiger partial charge in [-0.2, -0.15) is 10.1 Å². The quantitative estimate of drug-likeness (QED) is 0.437. The van der Waals surface area contributed by atoms with Gasteiger partial charge in [0.1, 0.15) is 11.8 Å². The first-order valence-corrected chi connectivity index (χ1v) is 11.4. The Kier molecular flexibility index (Phi) is 5.25. The van der Waals surface area contributed by atoms with Gasteiger partial charge in [0.05, 0.1) is 31.7 Å². The lowest BCUT2D eigenvalue weighted by Gasteiger charge is -2.61. The average molecular weight is 487 g/mol. The number of H-pyrrole nitrogens is 1. The van der Waals surface area contributed by atoms with E-state index in [2.05, 4.69) is 30.8 Å². The third-order valence-corrected chi connectivity index (χ3v) is 6.87. The lowest BCUT2D eigenvalue weighted by molar-refractivity contribution is -0.0528. The minimum absolute atomic E-state index is 0.0357. The highest BCUT2D eigenvalue weighted by Gasteiger charge is 2.58. The monoisotopic (exact) mass is 487 g/mol. The van der Waals surface area contributed by atoms with Crippen molar-refractivity contribution in [1.82, 2.24) is 29.9 Å². The number of alkyl halides is 1. The molecule has 35 heavy (non-hydrogen) atoms. The fraction of sp³-hybridized carbons (Fsp3) is 0.545. The number of rotatable bonds is 8. The average Bonchev–Trinajstić information content (AvgIpc) is 3.49. The summed E-state index contributed by atoms with van der Waals surface area (Å²) in [5.74, 6) is 1.88. The number of nitrogens with one attached hydrogen (secondary N) is 3. The molecular formula is C22H26FN7O5. The van der Waals surface area contributed by atoms with Crippen LogP contribution in [-0.2, 0) is 20.8 Å². The lowest BCUT2D eigenvalue weighted by Crippen LogP contribution is -2.68. The van der Waals surface area contributed by atoms with Gasteiger partial charge >= 0.3 is 6.09 Å². The second-order valence-corrected chi connectivity index (χ2v) is 9.37. The van der Waals surface area contributed by atoms with Gasteiger partial charge in [-0.25, -0.2) is 14.2 Å². The third-order valence-electron chi connectivity index (χ3n) is 6.87. The van der Waals surface area contributed by atoms with E-state index < -0.39 is 24.5 Å². The van der Waals surface area contributed by atoms with Crippen molar-refractivity contribution in [2.75, 3.05) is 26.1 Å². The zero-order valence-corrected chi connectivity index (χ0v) is 19.3. The molecule has 3 N–H and O–H groups in total. The lowest BCUT2D eigenvalue weighted by atomic mass is 9.50. The summed E-state index contributed by atoms with van der Waals surface area (Å²) in [7, 11) is 3.11. The van der Waals surface area contributed by atoms with E-state index in [0.29, 0.717) is 35.6 Å². The minimum atomic E-state index is -1.53. The predicted molar refractivity (Wildman–Crippen MR) is 119 cm³/mol. The molecule has 0 spiro atoms. The van der Waals surface area contributed by atoms with Gasteiger partial charge in [0, 0.05) is 31.0 Å². The normalized spacial score (nSPS) is 28.9. The topological polar surface area (TPSA) is 137 Å². The molecule has 3 atom stereocenters. The molecule has 1 aliphatic heterocycles. The highest BCUT2D eigenvalue weighted by atomic mass is 19.1. The van der Waals surface area contributed by atoms with Gasteiger partial charge in [-0.3, -0.25) is 9.50 Å². The van der Waals surface area contributed by atoms with E-state index in [1.165, 1.54) is 7.11 Å². The van der Waals surface area contributed by atoms with E-state index in [9.17, 15) is 4.79 Å². The van der Waals surface area contributed by atoms with E-state index >= 15 is 4.39 Å². The Hall–Kier alpha value is -3.45. The van der Waals surface area contributed by atoms with Crippen LogP contribution in [0.1, 0.15) is 36.8 Å². The third kappa shape index (κ3) is 3.93. The van der Waals surface area contributed by atoms with Crippen LogP contribution in [0.3, 0.4) is 0 Å². The molecule has 0 radical (unpaired) electrons. The summed E-state index contributed by atoms with van der Waals surface area (Å²) in [6, 6.07) is 3.33.